The van der Waals surface area contributed by atoms with Gasteiger partial charge in [0.25, 0.3) is 0 Å². The van der Waals surface area contributed by atoms with Gasteiger partial charge in [0.2, 0.25) is 11.8 Å². The van der Waals surface area contributed by atoms with Gasteiger partial charge >= 0.3 is 5.97 Å². The molecule has 1 heterocycles. The third-order valence-corrected chi connectivity index (χ3v) is 3.05. The molecule has 2 rings (SSSR count). The van der Waals surface area contributed by atoms with E-state index in [-0.39, 0.29) is 19.1 Å². The van der Waals surface area contributed by atoms with Crippen molar-refractivity contribution < 1.29 is 19.1 Å². The Morgan fingerprint density at radius 3 is 2.95 bits per heavy atom. The number of benzene rings is 1. The highest BCUT2D eigenvalue weighted by Gasteiger charge is 2.12. The summed E-state index contributed by atoms with van der Waals surface area (Å²) in [7, 11) is 0. The normalized spacial score (nSPS) is 10.6. The zero-order valence-electron chi connectivity index (χ0n) is 10.2. The Balaban J connectivity index is 2.10. The first-order valence-electron chi connectivity index (χ1n) is 5.46. The van der Waals surface area contributed by atoms with Crippen LogP contribution in [0, 0.1) is 0 Å². The van der Waals surface area contributed by atoms with Crippen LogP contribution in [0.3, 0.4) is 0 Å². The highest BCUT2D eigenvalue weighted by Crippen LogP contribution is 2.28. The Kier molecular flexibility index (Phi) is 4.53. The molecule has 1 N–H and O–H groups in total. The van der Waals surface area contributed by atoms with E-state index in [9.17, 15) is 4.79 Å². The predicted octanol–water partition coefficient (Wildman–Crippen LogP) is 2.06. The molecule has 1 aromatic heterocycles. The van der Waals surface area contributed by atoms with Crippen LogP contribution in [-0.2, 0) is 16.1 Å². The smallest absolute Gasteiger partial charge is 0.329 e. The summed E-state index contributed by atoms with van der Waals surface area (Å²) in [6.07, 6.45) is 1.96. The number of aromatic nitrogens is 2. The molecule has 0 unspecified atom stereocenters. The van der Waals surface area contributed by atoms with E-state index in [1.165, 1.54) is 0 Å². The summed E-state index contributed by atoms with van der Waals surface area (Å²) in [6, 6.07) is 7.68. The van der Waals surface area contributed by atoms with Gasteiger partial charge in [0.15, 0.2) is 0 Å². The fourth-order valence-electron chi connectivity index (χ4n) is 1.47. The average Bonchev–Trinajstić information content (AvgIpc) is 2.87. The molecule has 0 saturated carbocycles. The van der Waals surface area contributed by atoms with Crippen molar-refractivity contribution in [2.75, 3.05) is 12.9 Å². The van der Waals surface area contributed by atoms with Crippen LogP contribution in [0.1, 0.15) is 5.89 Å². The molecule has 0 atom stereocenters. The van der Waals surface area contributed by atoms with Crippen molar-refractivity contribution in [3.63, 3.8) is 0 Å². The second-order valence-electron chi connectivity index (χ2n) is 3.59. The molecule has 0 radical (unpaired) electrons. The third-order valence-electron chi connectivity index (χ3n) is 2.26. The minimum atomic E-state index is -1.03. The molecule has 2 aromatic rings. The first-order chi connectivity index (χ1) is 9.20. The van der Waals surface area contributed by atoms with Gasteiger partial charge in [-0.1, -0.05) is 12.1 Å². The molecule has 7 heteroatoms. The van der Waals surface area contributed by atoms with E-state index in [0.29, 0.717) is 5.89 Å². The third kappa shape index (κ3) is 3.55. The highest BCUT2D eigenvalue weighted by atomic mass is 32.2. The lowest BCUT2D eigenvalue weighted by molar-refractivity contribution is -0.142. The van der Waals surface area contributed by atoms with Crippen molar-refractivity contribution in [2.24, 2.45) is 0 Å². The minimum Gasteiger partial charge on any atom is -0.480 e. The maximum Gasteiger partial charge on any atom is 0.329 e. The maximum atomic E-state index is 10.3. The molecule has 0 fully saturated rings. The van der Waals surface area contributed by atoms with Gasteiger partial charge in [0.05, 0.1) is 5.56 Å². The van der Waals surface area contributed by atoms with Crippen molar-refractivity contribution in [3.05, 3.63) is 30.2 Å². The molecule has 100 valence electrons. The average molecular weight is 280 g/mol. The second kappa shape index (κ2) is 6.35. The molecule has 19 heavy (non-hydrogen) atoms. The SMILES string of the molecule is CSc1ccccc1-c1nnc(COCC(=O)O)o1. The quantitative estimate of drug-likeness (QED) is 0.810. The molecule has 0 amide bonds. The van der Waals surface area contributed by atoms with Crippen LogP contribution in [0.25, 0.3) is 11.5 Å². The topological polar surface area (TPSA) is 85.5 Å². The summed E-state index contributed by atoms with van der Waals surface area (Å²) in [6.45, 7) is -0.403. The molecule has 0 bridgehead atoms. The van der Waals surface area contributed by atoms with E-state index in [0.717, 1.165) is 10.5 Å². The molecule has 0 aliphatic heterocycles. The van der Waals surface area contributed by atoms with Gasteiger partial charge in [-0.05, 0) is 18.4 Å². The number of rotatable bonds is 6. The summed E-state index contributed by atoms with van der Waals surface area (Å²) >= 11 is 1.58. The Hall–Kier alpha value is -1.86. The van der Waals surface area contributed by atoms with Gasteiger partial charge < -0.3 is 14.3 Å². The molecule has 0 aliphatic carbocycles. The predicted molar refractivity (Wildman–Crippen MR) is 68.8 cm³/mol. The fourth-order valence-corrected chi connectivity index (χ4v) is 2.06. The van der Waals surface area contributed by atoms with Crippen molar-refractivity contribution in [1.29, 1.82) is 0 Å². The maximum absolute atomic E-state index is 10.3. The number of carboxylic acids is 1. The standard InChI is InChI=1S/C12H12N2O4S/c1-19-9-5-3-2-4-8(9)12-14-13-10(18-12)6-17-7-11(15)16/h2-5H,6-7H2,1H3,(H,15,16). The lowest BCUT2D eigenvalue weighted by Crippen LogP contribution is -2.06. The number of thioether (sulfide) groups is 1. The zero-order chi connectivity index (χ0) is 13.7. The molecular weight excluding hydrogens is 268 g/mol. The number of nitrogens with zero attached hydrogens (tertiary/aromatic N) is 2. The van der Waals surface area contributed by atoms with E-state index in [2.05, 4.69) is 10.2 Å². The monoisotopic (exact) mass is 280 g/mol. The first kappa shape index (κ1) is 13.6. The highest BCUT2D eigenvalue weighted by molar-refractivity contribution is 7.98. The van der Waals surface area contributed by atoms with E-state index in [4.69, 9.17) is 14.3 Å². The van der Waals surface area contributed by atoms with Crippen molar-refractivity contribution in [1.82, 2.24) is 10.2 Å². The number of ether oxygens (including phenoxy) is 1. The number of hydrogen-bond donors (Lipinski definition) is 1. The van der Waals surface area contributed by atoms with E-state index < -0.39 is 5.97 Å². The van der Waals surface area contributed by atoms with Gasteiger partial charge in [-0.25, -0.2) is 4.79 Å². The summed E-state index contributed by atoms with van der Waals surface area (Å²) in [5.74, 6) is -0.376. The molecular formula is C12H12N2O4S. The molecule has 0 aliphatic rings. The summed E-state index contributed by atoms with van der Waals surface area (Å²) in [4.78, 5) is 11.3. The minimum absolute atomic E-state index is 0.0132. The van der Waals surface area contributed by atoms with Gasteiger partial charge in [-0.3, -0.25) is 0 Å². The van der Waals surface area contributed by atoms with E-state index in [1.807, 2.05) is 30.5 Å². The number of carbonyl (C=O) groups is 1. The number of hydrogen-bond acceptors (Lipinski definition) is 6. The largest absolute Gasteiger partial charge is 0.480 e. The van der Waals surface area contributed by atoms with Crippen LogP contribution in [0.5, 0.6) is 0 Å². The van der Waals surface area contributed by atoms with Crippen molar-refractivity contribution >= 4 is 17.7 Å². The fraction of sp³-hybridized carbons (Fsp3) is 0.250. The van der Waals surface area contributed by atoms with Crippen LogP contribution >= 0.6 is 11.8 Å². The lowest BCUT2D eigenvalue weighted by Gasteiger charge is -2.01. The summed E-state index contributed by atoms with van der Waals surface area (Å²) in [5, 5.41) is 16.2. The van der Waals surface area contributed by atoms with Gasteiger partial charge in [-0.15, -0.1) is 22.0 Å². The van der Waals surface area contributed by atoms with Crippen LogP contribution in [0.15, 0.2) is 33.6 Å². The number of aliphatic carboxylic acids is 1. The molecule has 6 nitrogen and oxygen atoms in total. The molecule has 0 saturated heterocycles. The van der Waals surface area contributed by atoms with Crippen LogP contribution < -0.4 is 0 Å². The second-order valence-corrected chi connectivity index (χ2v) is 4.44. The summed E-state index contributed by atoms with van der Waals surface area (Å²) in [5.41, 5.74) is 0.854. The van der Waals surface area contributed by atoms with Crippen molar-refractivity contribution in [3.8, 4) is 11.5 Å². The Labute approximate surface area is 113 Å². The molecule has 0 spiro atoms. The van der Waals surface area contributed by atoms with Crippen LogP contribution in [-0.4, -0.2) is 34.1 Å². The van der Waals surface area contributed by atoms with Gasteiger partial charge in [0, 0.05) is 4.90 Å². The lowest BCUT2D eigenvalue weighted by atomic mass is 10.2. The van der Waals surface area contributed by atoms with Crippen LogP contribution in [0.2, 0.25) is 0 Å². The van der Waals surface area contributed by atoms with Crippen molar-refractivity contribution in [2.45, 2.75) is 11.5 Å². The summed E-state index contributed by atoms with van der Waals surface area (Å²) < 4.78 is 10.3. The van der Waals surface area contributed by atoms with Gasteiger partial charge in [0.1, 0.15) is 13.2 Å². The first-order valence-corrected chi connectivity index (χ1v) is 6.68. The Bertz CT molecular complexity index is 570. The van der Waals surface area contributed by atoms with E-state index >= 15 is 0 Å². The number of carboxylic acid groups (broad SMARTS) is 1. The zero-order valence-corrected chi connectivity index (χ0v) is 11.0. The van der Waals surface area contributed by atoms with Gasteiger partial charge in [-0.2, -0.15) is 0 Å². The van der Waals surface area contributed by atoms with E-state index in [1.54, 1.807) is 11.8 Å². The van der Waals surface area contributed by atoms with Crippen LogP contribution in [0.4, 0.5) is 0 Å². The Morgan fingerprint density at radius 2 is 2.21 bits per heavy atom. The molecule has 1 aromatic carbocycles. The Morgan fingerprint density at radius 1 is 1.42 bits per heavy atom.